The van der Waals surface area contributed by atoms with Crippen molar-refractivity contribution in [3.63, 3.8) is 0 Å². The van der Waals surface area contributed by atoms with Crippen LogP contribution in [0.2, 0.25) is 0 Å². The van der Waals surface area contributed by atoms with Gasteiger partial charge in [0, 0.05) is 13.1 Å². The molecule has 0 amide bonds. The summed E-state index contributed by atoms with van der Waals surface area (Å²) in [7, 11) is 3.98. The quantitative estimate of drug-likeness (QED) is 0.549. The molecular formula is C10H19N5O2. The summed E-state index contributed by atoms with van der Waals surface area (Å²) in [5, 5.41) is 2.95. The highest BCUT2D eigenvalue weighted by Crippen LogP contribution is 2.05. The van der Waals surface area contributed by atoms with Crippen molar-refractivity contribution in [2.24, 2.45) is 0 Å². The fraction of sp³-hybridized carbons (Fsp3) is 0.600. The highest BCUT2D eigenvalue weighted by atomic mass is 16.5. The summed E-state index contributed by atoms with van der Waals surface area (Å²) in [6.07, 6.45) is 1.31. The Labute approximate surface area is 100.0 Å². The average Bonchev–Trinajstić information content (AvgIpc) is 2.28. The second-order valence-electron chi connectivity index (χ2n) is 3.84. The van der Waals surface area contributed by atoms with Crippen molar-refractivity contribution in [3.05, 3.63) is 16.7 Å². The van der Waals surface area contributed by atoms with Gasteiger partial charge >= 0.3 is 0 Å². The van der Waals surface area contributed by atoms with Gasteiger partial charge in [0.25, 0.3) is 5.56 Å². The zero-order valence-electron chi connectivity index (χ0n) is 10.2. The summed E-state index contributed by atoms with van der Waals surface area (Å²) in [5.74, 6) is 0.393. The molecule has 7 nitrogen and oxygen atoms in total. The molecule has 1 rings (SSSR count). The summed E-state index contributed by atoms with van der Waals surface area (Å²) in [6.45, 7) is 2.66. The summed E-state index contributed by atoms with van der Waals surface area (Å²) >= 11 is 0. The fourth-order valence-corrected chi connectivity index (χ4v) is 1.14. The van der Waals surface area contributed by atoms with Crippen LogP contribution in [0, 0.1) is 0 Å². The third-order valence-corrected chi connectivity index (χ3v) is 2.11. The van der Waals surface area contributed by atoms with E-state index < -0.39 is 0 Å². The Morgan fingerprint density at radius 3 is 3.00 bits per heavy atom. The lowest BCUT2D eigenvalue weighted by Gasteiger charge is -2.10. The number of nitrogens with zero attached hydrogens (tertiary/aromatic N) is 2. The van der Waals surface area contributed by atoms with Crippen molar-refractivity contribution in [2.45, 2.75) is 0 Å². The van der Waals surface area contributed by atoms with Crippen molar-refractivity contribution in [2.75, 3.05) is 51.4 Å². The van der Waals surface area contributed by atoms with Gasteiger partial charge in [-0.15, -0.1) is 0 Å². The number of rotatable bonds is 7. The molecule has 1 aromatic heterocycles. The maximum absolute atomic E-state index is 11.2. The summed E-state index contributed by atoms with van der Waals surface area (Å²) < 4.78 is 5.38. The van der Waals surface area contributed by atoms with Crippen LogP contribution in [-0.4, -0.2) is 55.3 Å². The predicted molar refractivity (Wildman–Crippen MR) is 67.1 cm³/mol. The van der Waals surface area contributed by atoms with Crippen LogP contribution in [-0.2, 0) is 4.74 Å². The molecule has 96 valence electrons. The maximum Gasteiger partial charge on any atom is 0.276 e. The molecule has 0 saturated heterocycles. The zero-order chi connectivity index (χ0) is 12.7. The second kappa shape index (κ2) is 6.87. The number of aromatic nitrogens is 2. The molecule has 0 spiro atoms. The van der Waals surface area contributed by atoms with Gasteiger partial charge in [-0.2, -0.15) is 0 Å². The Morgan fingerprint density at radius 2 is 2.29 bits per heavy atom. The van der Waals surface area contributed by atoms with Crippen LogP contribution in [0.1, 0.15) is 0 Å². The largest absolute Gasteiger partial charge is 0.391 e. The normalized spacial score (nSPS) is 10.8. The number of H-pyrrole nitrogens is 1. The topological polar surface area (TPSA) is 96.3 Å². The van der Waals surface area contributed by atoms with Gasteiger partial charge in [0.05, 0.1) is 19.5 Å². The Bertz CT molecular complexity index is 391. The van der Waals surface area contributed by atoms with Gasteiger partial charge in [-0.05, 0) is 14.1 Å². The van der Waals surface area contributed by atoms with Gasteiger partial charge in [0.2, 0.25) is 0 Å². The van der Waals surface area contributed by atoms with Crippen LogP contribution in [0.5, 0.6) is 0 Å². The number of anilines is 2. The number of nitrogens with two attached hydrogens (primary N) is 1. The first kappa shape index (κ1) is 13.5. The van der Waals surface area contributed by atoms with E-state index in [4.69, 9.17) is 10.5 Å². The molecule has 0 atom stereocenters. The van der Waals surface area contributed by atoms with Gasteiger partial charge < -0.3 is 25.7 Å². The van der Waals surface area contributed by atoms with Crippen molar-refractivity contribution >= 4 is 11.5 Å². The molecule has 17 heavy (non-hydrogen) atoms. The smallest absolute Gasteiger partial charge is 0.276 e. The molecule has 0 saturated carbocycles. The van der Waals surface area contributed by atoms with Gasteiger partial charge in [0.15, 0.2) is 5.82 Å². The highest BCUT2D eigenvalue weighted by molar-refractivity contribution is 5.58. The molecule has 1 heterocycles. The second-order valence-corrected chi connectivity index (χ2v) is 3.84. The van der Waals surface area contributed by atoms with E-state index in [0.717, 1.165) is 6.54 Å². The van der Waals surface area contributed by atoms with Gasteiger partial charge in [-0.1, -0.05) is 0 Å². The molecule has 1 aromatic rings. The lowest BCUT2D eigenvalue weighted by molar-refractivity contribution is 0.126. The molecule has 0 bridgehead atoms. The molecule has 0 aromatic carbocycles. The van der Waals surface area contributed by atoms with E-state index in [1.807, 2.05) is 19.0 Å². The Hall–Kier alpha value is -1.60. The van der Waals surface area contributed by atoms with Gasteiger partial charge in [-0.3, -0.25) is 4.79 Å². The minimum atomic E-state index is -0.337. The molecule has 0 fully saturated rings. The number of ether oxygens (including phenoxy) is 1. The fourth-order valence-electron chi connectivity index (χ4n) is 1.14. The number of aromatic amines is 1. The van der Waals surface area contributed by atoms with Crippen LogP contribution >= 0.6 is 0 Å². The first-order valence-electron chi connectivity index (χ1n) is 5.40. The third kappa shape index (κ3) is 4.83. The molecule has 0 aliphatic rings. The zero-order valence-corrected chi connectivity index (χ0v) is 10.2. The van der Waals surface area contributed by atoms with E-state index in [0.29, 0.717) is 25.6 Å². The molecule has 0 radical (unpaired) electrons. The van der Waals surface area contributed by atoms with E-state index in [2.05, 4.69) is 15.3 Å². The van der Waals surface area contributed by atoms with E-state index in [-0.39, 0.29) is 11.2 Å². The summed E-state index contributed by atoms with van der Waals surface area (Å²) in [6, 6.07) is 0. The summed E-state index contributed by atoms with van der Waals surface area (Å²) in [5.41, 5.74) is 5.31. The Balaban J connectivity index is 2.23. The molecule has 7 heteroatoms. The monoisotopic (exact) mass is 241 g/mol. The lowest BCUT2D eigenvalue weighted by atomic mass is 10.4. The highest BCUT2D eigenvalue weighted by Gasteiger charge is 2.02. The lowest BCUT2D eigenvalue weighted by Crippen LogP contribution is -2.21. The molecule has 0 unspecified atom stereocenters. The SMILES string of the molecule is CN(C)CCOCCNc1nc[nH]c(=O)c1N. The first-order valence-corrected chi connectivity index (χ1v) is 5.40. The maximum atomic E-state index is 11.2. The molecule has 0 aliphatic carbocycles. The number of hydrogen-bond acceptors (Lipinski definition) is 6. The van der Waals surface area contributed by atoms with E-state index in [9.17, 15) is 4.79 Å². The Kier molecular flexibility index (Phi) is 5.44. The van der Waals surface area contributed by atoms with Crippen LogP contribution in [0.3, 0.4) is 0 Å². The standard InChI is InChI=1S/C10H19N5O2/c1-15(2)4-6-17-5-3-12-9-8(11)10(16)14-7-13-9/h7H,3-6,11H2,1-2H3,(H2,12,13,14,16). The van der Waals surface area contributed by atoms with Gasteiger partial charge in [-0.25, -0.2) is 4.98 Å². The van der Waals surface area contributed by atoms with Crippen LogP contribution in [0.15, 0.2) is 11.1 Å². The van der Waals surface area contributed by atoms with E-state index >= 15 is 0 Å². The number of nitrogen functional groups attached to an aromatic ring is 1. The Morgan fingerprint density at radius 1 is 1.53 bits per heavy atom. The average molecular weight is 241 g/mol. The van der Waals surface area contributed by atoms with Crippen molar-refractivity contribution < 1.29 is 4.74 Å². The van der Waals surface area contributed by atoms with Crippen LogP contribution in [0.25, 0.3) is 0 Å². The number of nitrogens with one attached hydrogen (secondary N) is 2. The third-order valence-electron chi connectivity index (χ3n) is 2.11. The minimum absolute atomic E-state index is 0.0980. The van der Waals surface area contributed by atoms with E-state index in [1.165, 1.54) is 6.33 Å². The molecule has 4 N–H and O–H groups in total. The number of likely N-dealkylation sites (N-methyl/N-ethyl adjacent to an activating group) is 1. The van der Waals surface area contributed by atoms with E-state index in [1.54, 1.807) is 0 Å². The summed E-state index contributed by atoms with van der Waals surface area (Å²) in [4.78, 5) is 19.5. The van der Waals surface area contributed by atoms with Crippen LogP contribution in [0.4, 0.5) is 11.5 Å². The van der Waals surface area contributed by atoms with Crippen molar-refractivity contribution in [1.29, 1.82) is 0 Å². The van der Waals surface area contributed by atoms with Crippen molar-refractivity contribution in [3.8, 4) is 0 Å². The number of hydrogen-bond donors (Lipinski definition) is 3. The molecule has 0 aliphatic heterocycles. The minimum Gasteiger partial charge on any atom is -0.391 e. The van der Waals surface area contributed by atoms with Crippen LogP contribution < -0.4 is 16.6 Å². The predicted octanol–water partition coefficient (Wildman–Crippen LogP) is -0.658. The van der Waals surface area contributed by atoms with Crippen molar-refractivity contribution in [1.82, 2.24) is 14.9 Å². The molecular weight excluding hydrogens is 222 g/mol. The first-order chi connectivity index (χ1) is 8.11. The van der Waals surface area contributed by atoms with Gasteiger partial charge in [0.1, 0.15) is 5.69 Å².